The van der Waals surface area contributed by atoms with Gasteiger partial charge in [-0.2, -0.15) is 0 Å². The van der Waals surface area contributed by atoms with Crippen molar-refractivity contribution in [1.29, 1.82) is 0 Å². The molecule has 11 heavy (non-hydrogen) atoms. The zero-order valence-electron chi connectivity index (χ0n) is 8.35. The Bertz CT molecular complexity index is 117. The zero-order valence-corrected chi connectivity index (χ0v) is 8.35. The molecule has 0 unspecified atom stereocenters. The van der Waals surface area contributed by atoms with Crippen molar-refractivity contribution in [2.24, 2.45) is 11.3 Å². The van der Waals surface area contributed by atoms with E-state index in [2.05, 4.69) is 32.6 Å². The average Bonchev–Trinajstić information content (AvgIpc) is 1.75. The van der Waals surface area contributed by atoms with Crippen molar-refractivity contribution in [3.05, 3.63) is 0 Å². The number of nitrogens with zero attached hydrogens (tertiary/aromatic N) is 1. The Balaban J connectivity index is 2.05. The molecule has 0 bridgehead atoms. The average molecular weight is 155 g/mol. The summed E-state index contributed by atoms with van der Waals surface area (Å²) < 4.78 is 0. The van der Waals surface area contributed by atoms with Gasteiger partial charge in [0.15, 0.2) is 0 Å². The molecule has 0 aromatic carbocycles. The smallest absolute Gasteiger partial charge is 0.00194 e. The van der Waals surface area contributed by atoms with Gasteiger partial charge in [-0.3, -0.25) is 0 Å². The molecule has 1 aliphatic heterocycles. The lowest BCUT2D eigenvalue weighted by Gasteiger charge is -2.38. The van der Waals surface area contributed by atoms with E-state index in [1.165, 1.54) is 26.1 Å². The molecular weight excluding hydrogens is 134 g/mol. The highest BCUT2D eigenvalue weighted by atomic mass is 15.2. The third-order valence-electron chi connectivity index (χ3n) is 2.32. The maximum absolute atomic E-state index is 2.55. The molecule has 0 radical (unpaired) electrons. The van der Waals surface area contributed by atoms with Crippen LogP contribution in [0.4, 0.5) is 0 Å². The fourth-order valence-corrected chi connectivity index (χ4v) is 1.50. The van der Waals surface area contributed by atoms with Crippen LogP contribution < -0.4 is 0 Å². The van der Waals surface area contributed by atoms with Crippen molar-refractivity contribution in [2.45, 2.75) is 34.1 Å². The molecular formula is C10H21N. The minimum atomic E-state index is 0.513. The van der Waals surface area contributed by atoms with Gasteiger partial charge in [0, 0.05) is 13.1 Å². The molecule has 1 fully saturated rings. The van der Waals surface area contributed by atoms with Crippen LogP contribution in [0, 0.1) is 11.3 Å². The minimum absolute atomic E-state index is 0.513. The molecule has 0 N–H and O–H groups in total. The van der Waals surface area contributed by atoms with Crippen molar-refractivity contribution in [3.8, 4) is 0 Å². The van der Waals surface area contributed by atoms with Crippen LogP contribution in [0.25, 0.3) is 0 Å². The van der Waals surface area contributed by atoms with E-state index in [4.69, 9.17) is 0 Å². The molecule has 1 heteroatoms. The topological polar surface area (TPSA) is 3.24 Å². The van der Waals surface area contributed by atoms with E-state index in [-0.39, 0.29) is 0 Å². The summed E-state index contributed by atoms with van der Waals surface area (Å²) in [5.74, 6) is 0.954. The normalized spacial score (nSPS) is 21.8. The van der Waals surface area contributed by atoms with Crippen molar-refractivity contribution >= 4 is 0 Å². The van der Waals surface area contributed by atoms with Crippen molar-refractivity contribution < 1.29 is 0 Å². The second-order valence-electron chi connectivity index (χ2n) is 5.18. The van der Waals surface area contributed by atoms with Gasteiger partial charge >= 0.3 is 0 Å². The summed E-state index contributed by atoms with van der Waals surface area (Å²) >= 11 is 0. The Kier molecular flexibility index (Phi) is 2.58. The van der Waals surface area contributed by atoms with Crippen LogP contribution in [-0.2, 0) is 0 Å². The van der Waals surface area contributed by atoms with Gasteiger partial charge in [-0.1, -0.05) is 27.7 Å². The Labute approximate surface area is 70.8 Å². The van der Waals surface area contributed by atoms with Crippen LogP contribution in [0.15, 0.2) is 0 Å². The molecule has 1 heterocycles. The second-order valence-corrected chi connectivity index (χ2v) is 5.18. The van der Waals surface area contributed by atoms with Gasteiger partial charge in [-0.25, -0.2) is 0 Å². The maximum atomic E-state index is 2.55. The van der Waals surface area contributed by atoms with E-state index < -0.39 is 0 Å². The van der Waals surface area contributed by atoms with Crippen LogP contribution in [-0.4, -0.2) is 24.5 Å². The quantitative estimate of drug-likeness (QED) is 0.592. The highest BCUT2D eigenvalue weighted by molar-refractivity contribution is 4.77. The van der Waals surface area contributed by atoms with Gasteiger partial charge in [-0.05, 0) is 24.3 Å². The third kappa shape index (κ3) is 3.24. The fraction of sp³-hybridized carbons (Fsp3) is 1.00. The Morgan fingerprint density at radius 1 is 1.27 bits per heavy atom. The molecule has 1 nitrogen and oxygen atoms in total. The molecule has 0 spiro atoms. The van der Waals surface area contributed by atoms with E-state index in [0.29, 0.717) is 5.41 Å². The van der Waals surface area contributed by atoms with Crippen molar-refractivity contribution in [1.82, 2.24) is 4.90 Å². The van der Waals surface area contributed by atoms with E-state index in [9.17, 15) is 0 Å². The highest BCUT2D eigenvalue weighted by Crippen LogP contribution is 2.22. The van der Waals surface area contributed by atoms with Gasteiger partial charge < -0.3 is 4.90 Å². The highest BCUT2D eigenvalue weighted by Gasteiger charge is 2.23. The summed E-state index contributed by atoms with van der Waals surface area (Å²) in [5, 5.41) is 0. The van der Waals surface area contributed by atoms with Crippen LogP contribution in [0.2, 0.25) is 0 Å². The number of hydrogen-bond donors (Lipinski definition) is 0. The molecule has 0 aromatic heterocycles. The zero-order chi connectivity index (χ0) is 8.48. The van der Waals surface area contributed by atoms with Gasteiger partial charge in [0.2, 0.25) is 0 Å². The molecule has 1 aliphatic rings. The van der Waals surface area contributed by atoms with E-state index in [1.807, 2.05) is 0 Å². The van der Waals surface area contributed by atoms with Crippen LogP contribution in [0.5, 0.6) is 0 Å². The molecule has 0 atom stereocenters. The summed E-state index contributed by atoms with van der Waals surface area (Å²) in [6, 6.07) is 0. The second kappa shape index (κ2) is 3.14. The summed E-state index contributed by atoms with van der Waals surface area (Å²) in [6.07, 6.45) is 1.33. The monoisotopic (exact) mass is 155 g/mol. The van der Waals surface area contributed by atoms with Gasteiger partial charge in [0.1, 0.15) is 0 Å². The third-order valence-corrected chi connectivity index (χ3v) is 2.32. The standard InChI is InChI=1S/C10H21N/c1-9-7-11(8-9)6-5-10(2,3)4/h9H,5-8H2,1-4H3. The number of likely N-dealkylation sites (tertiary alicyclic amines) is 1. The Hall–Kier alpha value is -0.0400. The molecule has 0 aliphatic carbocycles. The Morgan fingerprint density at radius 2 is 1.82 bits per heavy atom. The summed E-state index contributed by atoms with van der Waals surface area (Å²) in [7, 11) is 0. The predicted octanol–water partition coefficient (Wildman–Crippen LogP) is 2.37. The van der Waals surface area contributed by atoms with E-state index in [0.717, 1.165) is 5.92 Å². The summed E-state index contributed by atoms with van der Waals surface area (Å²) in [6.45, 7) is 13.2. The first-order valence-corrected chi connectivity index (χ1v) is 4.70. The van der Waals surface area contributed by atoms with Gasteiger partial charge in [0.25, 0.3) is 0 Å². The van der Waals surface area contributed by atoms with Gasteiger partial charge in [-0.15, -0.1) is 0 Å². The molecule has 1 rings (SSSR count). The predicted molar refractivity (Wildman–Crippen MR) is 49.7 cm³/mol. The van der Waals surface area contributed by atoms with Crippen LogP contribution in [0.1, 0.15) is 34.1 Å². The fourth-order valence-electron chi connectivity index (χ4n) is 1.50. The maximum Gasteiger partial charge on any atom is 0.00194 e. The van der Waals surface area contributed by atoms with E-state index in [1.54, 1.807) is 0 Å². The van der Waals surface area contributed by atoms with Crippen LogP contribution >= 0.6 is 0 Å². The molecule has 66 valence electrons. The number of hydrogen-bond acceptors (Lipinski definition) is 1. The Morgan fingerprint density at radius 3 is 2.18 bits per heavy atom. The first-order valence-electron chi connectivity index (χ1n) is 4.70. The lowest BCUT2D eigenvalue weighted by Crippen LogP contribution is -2.46. The largest absolute Gasteiger partial charge is 0.303 e. The molecule has 1 saturated heterocycles. The molecule has 0 saturated carbocycles. The van der Waals surface area contributed by atoms with Crippen molar-refractivity contribution in [3.63, 3.8) is 0 Å². The summed E-state index contributed by atoms with van der Waals surface area (Å²) in [4.78, 5) is 2.55. The lowest BCUT2D eigenvalue weighted by molar-refractivity contribution is 0.0980. The molecule has 0 aromatic rings. The number of rotatable bonds is 2. The first kappa shape index (κ1) is 9.05. The minimum Gasteiger partial charge on any atom is -0.303 e. The lowest BCUT2D eigenvalue weighted by atomic mass is 9.91. The van der Waals surface area contributed by atoms with E-state index >= 15 is 0 Å². The van der Waals surface area contributed by atoms with Crippen LogP contribution in [0.3, 0.4) is 0 Å². The van der Waals surface area contributed by atoms with Crippen molar-refractivity contribution in [2.75, 3.05) is 19.6 Å². The molecule has 0 amide bonds. The summed E-state index contributed by atoms with van der Waals surface area (Å²) in [5.41, 5.74) is 0.513. The first-order chi connectivity index (χ1) is 4.97. The SMILES string of the molecule is CC1CN(CCC(C)(C)C)C1. The van der Waals surface area contributed by atoms with Gasteiger partial charge in [0.05, 0.1) is 0 Å².